The van der Waals surface area contributed by atoms with Gasteiger partial charge >= 0.3 is 0 Å². The number of aromatic nitrogens is 2. The van der Waals surface area contributed by atoms with E-state index in [1.807, 2.05) is 24.3 Å². The van der Waals surface area contributed by atoms with E-state index in [9.17, 15) is 0 Å². The van der Waals surface area contributed by atoms with Gasteiger partial charge < -0.3 is 14.8 Å². The summed E-state index contributed by atoms with van der Waals surface area (Å²) in [5.74, 6) is 1.71. The monoisotopic (exact) mass is 265 g/mol. The van der Waals surface area contributed by atoms with Crippen LogP contribution in [-0.4, -0.2) is 24.2 Å². The number of nitrogens with zero attached hydrogens (tertiary/aromatic N) is 2. The van der Waals surface area contributed by atoms with Gasteiger partial charge in [-0.2, -0.15) is 0 Å². The molecule has 0 saturated heterocycles. The molecule has 0 atom stereocenters. The van der Waals surface area contributed by atoms with Crippen molar-refractivity contribution in [2.45, 2.75) is 0 Å². The SMILES string of the molecule is COc1ccc(Nc2ncnc(Cl)c2OC)cc1. The van der Waals surface area contributed by atoms with E-state index >= 15 is 0 Å². The number of hydrogen-bond acceptors (Lipinski definition) is 5. The molecule has 0 fully saturated rings. The highest BCUT2D eigenvalue weighted by Gasteiger charge is 2.10. The van der Waals surface area contributed by atoms with Crippen molar-refractivity contribution in [3.63, 3.8) is 0 Å². The van der Waals surface area contributed by atoms with Crippen LogP contribution in [0.4, 0.5) is 11.5 Å². The van der Waals surface area contributed by atoms with E-state index in [1.54, 1.807) is 7.11 Å². The van der Waals surface area contributed by atoms with Crippen LogP contribution in [0.2, 0.25) is 5.15 Å². The Labute approximate surface area is 110 Å². The van der Waals surface area contributed by atoms with Crippen LogP contribution < -0.4 is 14.8 Å². The molecule has 2 aromatic rings. The largest absolute Gasteiger partial charge is 0.497 e. The summed E-state index contributed by atoms with van der Waals surface area (Å²) in [6.45, 7) is 0. The molecule has 1 aromatic carbocycles. The van der Waals surface area contributed by atoms with Gasteiger partial charge in [-0.1, -0.05) is 11.6 Å². The van der Waals surface area contributed by atoms with Crippen molar-refractivity contribution in [2.75, 3.05) is 19.5 Å². The number of ether oxygens (including phenoxy) is 2. The summed E-state index contributed by atoms with van der Waals surface area (Å²) in [5.41, 5.74) is 0.851. The molecular formula is C12H12ClN3O2. The topological polar surface area (TPSA) is 56.3 Å². The van der Waals surface area contributed by atoms with Gasteiger partial charge in [0.1, 0.15) is 12.1 Å². The first kappa shape index (κ1) is 12.4. The van der Waals surface area contributed by atoms with Crippen molar-refractivity contribution >= 4 is 23.1 Å². The molecule has 0 spiro atoms. The van der Waals surface area contributed by atoms with Crippen molar-refractivity contribution in [3.8, 4) is 11.5 Å². The Hall–Kier alpha value is -2.01. The fraction of sp³-hybridized carbons (Fsp3) is 0.167. The second-order valence-corrected chi connectivity index (χ2v) is 3.76. The highest BCUT2D eigenvalue weighted by atomic mass is 35.5. The van der Waals surface area contributed by atoms with Crippen molar-refractivity contribution in [1.82, 2.24) is 9.97 Å². The fourth-order valence-electron chi connectivity index (χ4n) is 1.43. The molecule has 0 aliphatic heterocycles. The summed E-state index contributed by atoms with van der Waals surface area (Å²) >= 11 is 5.91. The number of halogens is 1. The molecule has 0 aliphatic carbocycles. The zero-order chi connectivity index (χ0) is 13.0. The average molecular weight is 266 g/mol. The molecular weight excluding hydrogens is 254 g/mol. The van der Waals surface area contributed by atoms with Crippen LogP contribution in [0.25, 0.3) is 0 Å². The quantitative estimate of drug-likeness (QED) is 0.862. The predicted octanol–water partition coefficient (Wildman–Crippen LogP) is 2.89. The van der Waals surface area contributed by atoms with Gasteiger partial charge in [0.15, 0.2) is 16.7 Å². The standard InChI is InChI=1S/C12H12ClN3O2/c1-17-9-5-3-8(4-6-9)16-12-10(18-2)11(13)14-7-15-12/h3-7H,1-2H3,(H,14,15,16). The van der Waals surface area contributed by atoms with Crippen LogP contribution in [0.3, 0.4) is 0 Å². The van der Waals surface area contributed by atoms with Gasteiger partial charge in [0, 0.05) is 5.69 Å². The lowest BCUT2D eigenvalue weighted by atomic mass is 10.3. The highest BCUT2D eigenvalue weighted by Crippen LogP contribution is 2.30. The molecule has 6 heteroatoms. The molecule has 0 bridgehead atoms. The molecule has 0 amide bonds. The third kappa shape index (κ3) is 2.62. The molecule has 18 heavy (non-hydrogen) atoms. The summed E-state index contributed by atoms with van der Waals surface area (Å²) in [6, 6.07) is 7.43. The molecule has 1 heterocycles. The Bertz CT molecular complexity index is 531. The molecule has 94 valence electrons. The van der Waals surface area contributed by atoms with Crippen molar-refractivity contribution in [1.29, 1.82) is 0 Å². The number of nitrogens with one attached hydrogen (secondary N) is 1. The molecule has 2 rings (SSSR count). The molecule has 1 aromatic heterocycles. The van der Waals surface area contributed by atoms with E-state index in [1.165, 1.54) is 13.4 Å². The fourth-order valence-corrected chi connectivity index (χ4v) is 1.64. The van der Waals surface area contributed by atoms with Crippen LogP contribution in [0, 0.1) is 0 Å². The van der Waals surface area contributed by atoms with Gasteiger partial charge in [0.25, 0.3) is 0 Å². The van der Waals surface area contributed by atoms with Gasteiger partial charge in [0.2, 0.25) is 0 Å². The third-order valence-corrected chi connectivity index (χ3v) is 2.59. The second kappa shape index (κ2) is 5.55. The van der Waals surface area contributed by atoms with E-state index in [0.717, 1.165) is 11.4 Å². The number of methoxy groups -OCH3 is 2. The molecule has 5 nitrogen and oxygen atoms in total. The summed E-state index contributed by atoms with van der Waals surface area (Å²) in [5, 5.41) is 3.37. The van der Waals surface area contributed by atoms with E-state index in [4.69, 9.17) is 21.1 Å². The normalized spacial score (nSPS) is 9.94. The predicted molar refractivity (Wildman–Crippen MR) is 69.9 cm³/mol. The molecule has 1 N–H and O–H groups in total. The lowest BCUT2D eigenvalue weighted by Crippen LogP contribution is -1.99. The summed E-state index contributed by atoms with van der Waals surface area (Å²) in [7, 11) is 3.14. The van der Waals surface area contributed by atoms with Gasteiger partial charge in [-0.05, 0) is 24.3 Å². The third-order valence-electron chi connectivity index (χ3n) is 2.32. The zero-order valence-corrected chi connectivity index (χ0v) is 10.7. The van der Waals surface area contributed by atoms with E-state index < -0.39 is 0 Å². The molecule has 0 aliphatic rings. The van der Waals surface area contributed by atoms with Crippen molar-refractivity contribution < 1.29 is 9.47 Å². The summed E-state index contributed by atoms with van der Waals surface area (Å²) in [6.07, 6.45) is 1.37. The highest BCUT2D eigenvalue weighted by molar-refractivity contribution is 6.31. The minimum atomic E-state index is 0.267. The first-order valence-corrected chi connectivity index (χ1v) is 5.58. The first-order chi connectivity index (χ1) is 8.74. The van der Waals surface area contributed by atoms with E-state index in [-0.39, 0.29) is 5.15 Å². The van der Waals surface area contributed by atoms with Gasteiger partial charge in [-0.15, -0.1) is 0 Å². The van der Waals surface area contributed by atoms with Crippen molar-refractivity contribution in [2.24, 2.45) is 0 Å². The van der Waals surface area contributed by atoms with E-state index in [2.05, 4.69) is 15.3 Å². The van der Waals surface area contributed by atoms with Crippen LogP contribution in [0.5, 0.6) is 11.5 Å². The minimum absolute atomic E-state index is 0.267. The number of hydrogen-bond donors (Lipinski definition) is 1. The second-order valence-electron chi connectivity index (χ2n) is 3.40. The van der Waals surface area contributed by atoms with Crippen LogP contribution in [-0.2, 0) is 0 Å². The summed E-state index contributed by atoms with van der Waals surface area (Å²) < 4.78 is 10.2. The Kier molecular flexibility index (Phi) is 3.84. The number of rotatable bonds is 4. The van der Waals surface area contributed by atoms with Gasteiger partial charge in [-0.3, -0.25) is 0 Å². The van der Waals surface area contributed by atoms with Gasteiger partial charge in [0.05, 0.1) is 14.2 Å². The van der Waals surface area contributed by atoms with Crippen LogP contribution >= 0.6 is 11.6 Å². The number of anilines is 2. The maximum atomic E-state index is 5.91. The molecule has 0 saturated carbocycles. The Morgan fingerprint density at radius 3 is 2.39 bits per heavy atom. The Balaban J connectivity index is 2.25. The maximum absolute atomic E-state index is 5.91. The minimum Gasteiger partial charge on any atom is -0.497 e. The Morgan fingerprint density at radius 2 is 1.78 bits per heavy atom. The van der Waals surface area contributed by atoms with E-state index in [0.29, 0.717) is 11.6 Å². The van der Waals surface area contributed by atoms with Crippen LogP contribution in [0.1, 0.15) is 0 Å². The zero-order valence-electron chi connectivity index (χ0n) is 9.98. The molecule has 0 unspecified atom stereocenters. The summed E-state index contributed by atoms with van der Waals surface area (Å²) in [4.78, 5) is 7.93. The maximum Gasteiger partial charge on any atom is 0.199 e. The Morgan fingerprint density at radius 1 is 1.06 bits per heavy atom. The number of benzene rings is 1. The smallest absolute Gasteiger partial charge is 0.199 e. The first-order valence-electron chi connectivity index (χ1n) is 5.20. The van der Waals surface area contributed by atoms with Crippen molar-refractivity contribution in [3.05, 3.63) is 35.7 Å². The lowest BCUT2D eigenvalue weighted by Gasteiger charge is -2.10. The molecule has 0 radical (unpaired) electrons. The van der Waals surface area contributed by atoms with Gasteiger partial charge in [-0.25, -0.2) is 9.97 Å². The van der Waals surface area contributed by atoms with Crippen LogP contribution in [0.15, 0.2) is 30.6 Å². The average Bonchev–Trinajstić information content (AvgIpc) is 2.40. The lowest BCUT2D eigenvalue weighted by molar-refractivity contribution is 0.413.